The van der Waals surface area contributed by atoms with Crippen LogP contribution in [-0.4, -0.2) is 99.3 Å². The van der Waals surface area contributed by atoms with E-state index in [1.54, 1.807) is 0 Å². The van der Waals surface area contributed by atoms with Gasteiger partial charge in [0.25, 0.3) is 0 Å². The Labute approximate surface area is 189 Å². The summed E-state index contributed by atoms with van der Waals surface area (Å²) in [6, 6.07) is 0. The second kappa shape index (κ2) is 11.9. The van der Waals surface area contributed by atoms with Crippen LogP contribution < -0.4 is 5.32 Å². The van der Waals surface area contributed by atoms with Gasteiger partial charge in [0, 0.05) is 38.2 Å². The Morgan fingerprint density at radius 1 is 1.18 bits per heavy atom. The molecule has 0 bridgehead atoms. The molecule has 7 heteroatoms. The van der Waals surface area contributed by atoms with Crippen LogP contribution in [-0.2, 0) is 4.74 Å². The highest BCUT2D eigenvalue weighted by atomic mass is 127. The number of aliphatic imine (C=N–C) groups is 1. The maximum absolute atomic E-state index is 5.56. The fraction of sp³-hybridized carbons (Fsp3) is 0.952. The summed E-state index contributed by atoms with van der Waals surface area (Å²) < 4.78 is 5.56. The third kappa shape index (κ3) is 6.44. The van der Waals surface area contributed by atoms with Crippen LogP contribution in [0.25, 0.3) is 0 Å². The Balaban J connectivity index is 0.00000280. The van der Waals surface area contributed by atoms with Crippen molar-refractivity contribution in [2.45, 2.75) is 51.0 Å². The van der Waals surface area contributed by atoms with Gasteiger partial charge in [-0.15, -0.1) is 24.0 Å². The second-order valence-electron chi connectivity index (χ2n) is 8.86. The first-order valence-electron chi connectivity index (χ1n) is 11.1. The third-order valence-corrected chi connectivity index (χ3v) is 6.72. The van der Waals surface area contributed by atoms with Crippen molar-refractivity contribution in [2.24, 2.45) is 10.9 Å². The monoisotopic (exact) mass is 507 g/mol. The summed E-state index contributed by atoms with van der Waals surface area (Å²) in [7, 11) is 4.44. The van der Waals surface area contributed by atoms with Gasteiger partial charge < -0.3 is 19.9 Å². The van der Waals surface area contributed by atoms with Gasteiger partial charge in [0.15, 0.2) is 5.96 Å². The number of halogens is 1. The molecule has 164 valence electrons. The Morgan fingerprint density at radius 2 is 1.89 bits per heavy atom. The van der Waals surface area contributed by atoms with Crippen molar-refractivity contribution < 1.29 is 4.74 Å². The van der Waals surface area contributed by atoms with Gasteiger partial charge in [-0.3, -0.25) is 9.89 Å². The van der Waals surface area contributed by atoms with Crippen LogP contribution >= 0.6 is 24.0 Å². The van der Waals surface area contributed by atoms with Gasteiger partial charge in [-0.2, -0.15) is 0 Å². The molecule has 3 aliphatic rings. The molecule has 3 saturated heterocycles. The molecule has 28 heavy (non-hydrogen) atoms. The first-order chi connectivity index (χ1) is 13.1. The summed E-state index contributed by atoms with van der Waals surface area (Å²) in [6.07, 6.45) is 7.75. The molecule has 3 rings (SSSR count). The number of likely N-dealkylation sites (tertiary alicyclic amines) is 2. The Kier molecular flexibility index (Phi) is 10.3. The van der Waals surface area contributed by atoms with E-state index in [0.29, 0.717) is 5.92 Å². The topological polar surface area (TPSA) is 43.3 Å². The van der Waals surface area contributed by atoms with Crippen molar-refractivity contribution in [2.75, 3.05) is 73.1 Å². The molecule has 3 fully saturated rings. The first kappa shape index (κ1) is 24.2. The summed E-state index contributed by atoms with van der Waals surface area (Å²) in [5.74, 6) is 1.71. The van der Waals surface area contributed by atoms with E-state index in [9.17, 15) is 0 Å². The molecule has 6 nitrogen and oxygen atoms in total. The van der Waals surface area contributed by atoms with E-state index >= 15 is 0 Å². The lowest BCUT2D eigenvalue weighted by molar-refractivity contribution is 0.0206. The predicted molar refractivity (Wildman–Crippen MR) is 128 cm³/mol. The number of hydrogen-bond donors (Lipinski definition) is 1. The Morgan fingerprint density at radius 3 is 2.50 bits per heavy atom. The lowest BCUT2D eigenvalue weighted by Crippen LogP contribution is -2.58. The fourth-order valence-electron chi connectivity index (χ4n) is 4.87. The summed E-state index contributed by atoms with van der Waals surface area (Å²) in [4.78, 5) is 12.8. The third-order valence-electron chi connectivity index (χ3n) is 6.72. The molecule has 0 aromatic heterocycles. The van der Waals surface area contributed by atoms with Crippen LogP contribution in [0.5, 0.6) is 0 Å². The average Bonchev–Trinajstić information content (AvgIpc) is 3.20. The molecule has 0 amide bonds. The highest BCUT2D eigenvalue weighted by Gasteiger charge is 2.39. The van der Waals surface area contributed by atoms with Crippen molar-refractivity contribution >= 4 is 29.9 Å². The van der Waals surface area contributed by atoms with Crippen molar-refractivity contribution in [1.82, 2.24) is 20.0 Å². The molecule has 3 aliphatic heterocycles. The molecule has 3 heterocycles. The van der Waals surface area contributed by atoms with E-state index in [1.165, 1.54) is 64.7 Å². The van der Waals surface area contributed by atoms with Gasteiger partial charge in [0.1, 0.15) is 0 Å². The highest BCUT2D eigenvalue weighted by Crippen LogP contribution is 2.31. The number of piperidine rings is 2. The number of hydrogen-bond acceptors (Lipinski definition) is 4. The van der Waals surface area contributed by atoms with E-state index in [-0.39, 0.29) is 29.5 Å². The normalized spacial score (nSPS) is 26.7. The lowest BCUT2D eigenvalue weighted by Gasteiger charge is -2.49. The zero-order chi connectivity index (χ0) is 19.1. The first-order valence-corrected chi connectivity index (χ1v) is 11.1. The van der Waals surface area contributed by atoms with Crippen LogP contribution in [0, 0.1) is 5.92 Å². The van der Waals surface area contributed by atoms with Gasteiger partial charge in [-0.25, -0.2) is 0 Å². The lowest BCUT2D eigenvalue weighted by atomic mass is 9.84. The molecule has 1 unspecified atom stereocenters. The predicted octanol–water partition coefficient (Wildman–Crippen LogP) is 2.49. The Bertz CT molecular complexity index is 469. The van der Waals surface area contributed by atoms with Gasteiger partial charge in [0.2, 0.25) is 0 Å². The minimum atomic E-state index is 0. The van der Waals surface area contributed by atoms with Crippen molar-refractivity contribution in [3.8, 4) is 0 Å². The van der Waals surface area contributed by atoms with Crippen LogP contribution in [0.4, 0.5) is 0 Å². The molecule has 1 atom stereocenters. The molecule has 0 radical (unpaired) electrons. The van der Waals surface area contributed by atoms with Crippen LogP contribution in [0.2, 0.25) is 0 Å². The van der Waals surface area contributed by atoms with Crippen molar-refractivity contribution in [3.05, 3.63) is 0 Å². The molecule has 0 aromatic carbocycles. The standard InChI is InChI=1S/C21H41N5O.HI/c1-4-22-20(25(3)16-19-8-15-27-17-19)23-18-21(9-13-24(2)14-10-21)26-11-6-5-7-12-26;/h19H,4-18H2,1-3H3,(H,22,23);1H. The van der Waals surface area contributed by atoms with Gasteiger partial charge in [-0.05, 0) is 72.3 Å². The molecule has 0 spiro atoms. The fourth-order valence-corrected chi connectivity index (χ4v) is 4.87. The largest absolute Gasteiger partial charge is 0.381 e. The molecule has 0 aliphatic carbocycles. The minimum Gasteiger partial charge on any atom is -0.381 e. The number of rotatable bonds is 6. The van der Waals surface area contributed by atoms with E-state index in [4.69, 9.17) is 9.73 Å². The quantitative estimate of drug-likeness (QED) is 0.340. The van der Waals surface area contributed by atoms with Gasteiger partial charge in [0.05, 0.1) is 13.2 Å². The summed E-state index contributed by atoms with van der Waals surface area (Å²) in [5.41, 5.74) is 0.255. The number of nitrogens with zero attached hydrogens (tertiary/aromatic N) is 4. The summed E-state index contributed by atoms with van der Waals surface area (Å²) >= 11 is 0. The second-order valence-corrected chi connectivity index (χ2v) is 8.86. The Hall–Kier alpha value is -0.120. The van der Waals surface area contributed by atoms with Crippen LogP contribution in [0.1, 0.15) is 45.4 Å². The van der Waals surface area contributed by atoms with Crippen LogP contribution in [0.15, 0.2) is 4.99 Å². The smallest absolute Gasteiger partial charge is 0.193 e. The van der Waals surface area contributed by atoms with E-state index in [0.717, 1.165) is 38.8 Å². The highest BCUT2D eigenvalue weighted by molar-refractivity contribution is 14.0. The molecule has 0 aromatic rings. The van der Waals surface area contributed by atoms with Crippen LogP contribution in [0.3, 0.4) is 0 Å². The van der Waals surface area contributed by atoms with E-state index in [1.807, 2.05) is 0 Å². The maximum atomic E-state index is 5.56. The van der Waals surface area contributed by atoms with E-state index in [2.05, 4.69) is 41.0 Å². The van der Waals surface area contributed by atoms with E-state index < -0.39 is 0 Å². The number of ether oxygens (including phenoxy) is 1. The van der Waals surface area contributed by atoms with Crippen molar-refractivity contribution in [3.63, 3.8) is 0 Å². The van der Waals surface area contributed by atoms with Gasteiger partial charge >= 0.3 is 0 Å². The summed E-state index contributed by atoms with van der Waals surface area (Å²) in [6.45, 7) is 11.7. The zero-order valence-electron chi connectivity index (χ0n) is 18.3. The summed E-state index contributed by atoms with van der Waals surface area (Å²) in [5, 5.41) is 3.53. The molecular formula is C21H42IN5O. The number of guanidine groups is 1. The SMILES string of the molecule is CCNC(=NCC1(N2CCCCC2)CCN(C)CC1)N(C)CC1CCOC1.I. The van der Waals surface area contributed by atoms with Gasteiger partial charge in [-0.1, -0.05) is 6.42 Å². The van der Waals surface area contributed by atoms with Crippen molar-refractivity contribution in [1.29, 1.82) is 0 Å². The average molecular weight is 508 g/mol. The maximum Gasteiger partial charge on any atom is 0.193 e. The molecule has 1 N–H and O–H groups in total. The zero-order valence-corrected chi connectivity index (χ0v) is 20.6. The minimum absolute atomic E-state index is 0. The molecular weight excluding hydrogens is 465 g/mol. The molecule has 0 saturated carbocycles. The number of nitrogens with one attached hydrogen (secondary N) is 1.